The van der Waals surface area contributed by atoms with E-state index in [1.807, 2.05) is 6.20 Å². The first-order chi connectivity index (χ1) is 16.1. The third-order valence-electron chi connectivity index (χ3n) is 7.05. The van der Waals surface area contributed by atoms with Crippen molar-refractivity contribution < 1.29 is 0 Å². The quantitative estimate of drug-likeness (QED) is 0.254. The zero-order valence-electron chi connectivity index (χ0n) is 19.2. The van der Waals surface area contributed by atoms with Crippen molar-refractivity contribution in [3.05, 3.63) is 114 Å². The molecule has 0 bridgehead atoms. The molecule has 0 unspecified atom stereocenters. The second kappa shape index (κ2) is 7.56. The van der Waals surface area contributed by atoms with Crippen LogP contribution in [-0.2, 0) is 0 Å². The minimum absolute atomic E-state index is 1.05. The summed E-state index contributed by atoms with van der Waals surface area (Å²) < 4.78 is 0. The monoisotopic (exact) mass is 423 g/mol. The fourth-order valence-electron chi connectivity index (χ4n) is 5.21. The number of rotatable bonds is 2. The van der Waals surface area contributed by atoms with E-state index in [0.717, 1.165) is 5.52 Å². The summed E-state index contributed by atoms with van der Waals surface area (Å²) in [6.45, 7) is 6.62. The number of hydrogen-bond donors (Lipinski definition) is 0. The zero-order chi connectivity index (χ0) is 22.5. The van der Waals surface area contributed by atoms with Gasteiger partial charge >= 0.3 is 0 Å². The van der Waals surface area contributed by atoms with Crippen LogP contribution in [0.2, 0.25) is 0 Å². The average Bonchev–Trinajstić information content (AvgIpc) is 2.85. The Morgan fingerprint density at radius 2 is 1.15 bits per heavy atom. The number of fused-ring (bicyclic) bond motifs is 3. The lowest BCUT2D eigenvalue weighted by atomic mass is 9.85. The van der Waals surface area contributed by atoms with Crippen molar-refractivity contribution in [3.63, 3.8) is 0 Å². The fraction of sp³-hybridized carbons (Fsp3) is 0.0938. The Bertz CT molecular complexity index is 1610. The summed E-state index contributed by atoms with van der Waals surface area (Å²) in [5, 5.41) is 6.21. The molecule has 5 aromatic carbocycles. The molecule has 1 nitrogen and oxygen atoms in total. The molecule has 0 aliphatic heterocycles. The van der Waals surface area contributed by atoms with Crippen LogP contribution in [0.5, 0.6) is 0 Å². The minimum atomic E-state index is 1.05. The van der Waals surface area contributed by atoms with Crippen LogP contribution in [0, 0.1) is 20.8 Å². The molecule has 1 heteroatoms. The van der Waals surface area contributed by atoms with E-state index in [1.165, 1.54) is 65.9 Å². The van der Waals surface area contributed by atoms with Gasteiger partial charge in [0.15, 0.2) is 0 Å². The van der Waals surface area contributed by atoms with E-state index in [0.29, 0.717) is 0 Å². The van der Waals surface area contributed by atoms with Crippen LogP contribution < -0.4 is 0 Å². The van der Waals surface area contributed by atoms with Gasteiger partial charge in [0, 0.05) is 17.1 Å². The molecule has 158 valence electrons. The predicted molar refractivity (Wildman–Crippen MR) is 142 cm³/mol. The molecule has 1 aromatic heterocycles. The van der Waals surface area contributed by atoms with Gasteiger partial charge in [0.05, 0.1) is 5.52 Å². The van der Waals surface area contributed by atoms with E-state index in [-0.39, 0.29) is 0 Å². The molecule has 1 heterocycles. The highest BCUT2D eigenvalue weighted by Gasteiger charge is 2.19. The lowest BCUT2D eigenvalue weighted by Gasteiger charge is -2.19. The van der Waals surface area contributed by atoms with Gasteiger partial charge in [0.1, 0.15) is 0 Å². The predicted octanol–water partition coefficient (Wildman–Crippen LogP) is 8.80. The van der Waals surface area contributed by atoms with Crippen molar-refractivity contribution in [3.8, 4) is 22.3 Å². The Morgan fingerprint density at radius 3 is 1.91 bits per heavy atom. The van der Waals surface area contributed by atoms with Gasteiger partial charge in [-0.3, -0.25) is 4.98 Å². The van der Waals surface area contributed by atoms with Crippen LogP contribution in [-0.4, -0.2) is 4.98 Å². The van der Waals surface area contributed by atoms with Crippen LogP contribution in [0.25, 0.3) is 54.7 Å². The Kier molecular flexibility index (Phi) is 4.52. The summed E-state index contributed by atoms with van der Waals surface area (Å²) in [6.07, 6.45) is 1.92. The highest BCUT2D eigenvalue weighted by molar-refractivity contribution is 6.22. The number of nitrogens with zero attached hydrogens (tertiary/aromatic N) is 1. The Hall–Kier alpha value is -3.97. The van der Waals surface area contributed by atoms with Gasteiger partial charge in [0.25, 0.3) is 0 Å². The van der Waals surface area contributed by atoms with Gasteiger partial charge in [-0.05, 0) is 81.8 Å². The van der Waals surface area contributed by atoms with Crippen LogP contribution in [0.4, 0.5) is 0 Å². The topological polar surface area (TPSA) is 12.9 Å². The number of aromatic nitrogens is 1. The number of hydrogen-bond acceptors (Lipinski definition) is 1. The van der Waals surface area contributed by atoms with Gasteiger partial charge in [-0.25, -0.2) is 0 Å². The molecule has 0 saturated carbocycles. The van der Waals surface area contributed by atoms with Crippen LogP contribution in [0.3, 0.4) is 0 Å². The minimum Gasteiger partial charge on any atom is -0.256 e. The zero-order valence-corrected chi connectivity index (χ0v) is 19.2. The first-order valence-electron chi connectivity index (χ1n) is 11.5. The number of aryl methyl sites for hydroxylation is 2. The van der Waals surface area contributed by atoms with Gasteiger partial charge in [-0.1, -0.05) is 84.9 Å². The largest absolute Gasteiger partial charge is 0.256 e. The van der Waals surface area contributed by atoms with E-state index >= 15 is 0 Å². The van der Waals surface area contributed by atoms with Crippen molar-refractivity contribution in [2.75, 3.05) is 0 Å². The maximum absolute atomic E-state index is 4.96. The highest BCUT2D eigenvalue weighted by atomic mass is 14.7. The maximum atomic E-state index is 4.96. The molecule has 0 spiro atoms. The van der Waals surface area contributed by atoms with E-state index in [9.17, 15) is 0 Å². The lowest BCUT2D eigenvalue weighted by molar-refractivity contribution is 1.27. The van der Waals surface area contributed by atoms with Crippen molar-refractivity contribution in [2.24, 2.45) is 0 Å². The van der Waals surface area contributed by atoms with E-state index in [2.05, 4.69) is 112 Å². The van der Waals surface area contributed by atoms with Crippen LogP contribution in [0.1, 0.15) is 16.7 Å². The molecule has 0 fully saturated rings. The molecule has 0 saturated heterocycles. The summed E-state index contributed by atoms with van der Waals surface area (Å²) in [4.78, 5) is 4.96. The van der Waals surface area contributed by atoms with Gasteiger partial charge < -0.3 is 0 Å². The van der Waals surface area contributed by atoms with Crippen molar-refractivity contribution in [1.82, 2.24) is 4.98 Å². The van der Waals surface area contributed by atoms with Gasteiger partial charge in [-0.15, -0.1) is 0 Å². The maximum Gasteiger partial charge on any atom is 0.0793 e. The molecule has 6 aromatic rings. The molecule has 0 aliphatic carbocycles. The first kappa shape index (κ1) is 19.7. The molecule has 0 atom stereocenters. The highest BCUT2D eigenvalue weighted by Crippen LogP contribution is 2.44. The summed E-state index contributed by atoms with van der Waals surface area (Å²) in [6, 6.07) is 32.9. The van der Waals surface area contributed by atoms with Crippen LogP contribution in [0.15, 0.2) is 97.2 Å². The van der Waals surface area contributed by atoms with Gasteiger partial charge in [-0.2, -0.15) is 0 Å². The molecule has 0 N–H and O–H groups in total. The summed E-state index contributed by atoms with van der Waals surface area (Å²) in [5.74, 6) is 0. The van der Waals surface area contributed by atoms with E-state index in [1.54, 1.807) is 0 Å². The third-order valence-corrected chi connectivity index (χ3v) is 7.05. The van der Waals surface area contributed by atoms with Crippen molar-refractivity contribution >= 4 is 32.4 Å². The Morgan fingerprint density at radius 1 is 0.545 bits per heavy atom. The summed E-state index contributed by atoms with van der Waals surface area (Å²) in [5.41, 5.74) is 10.0. The number of benzene rings is 5. The number of pyridine rings is 1. The molecular weight excluding hydrogens is 398 g/mol. The first-order valence-corrected chi connectivity index (χ1v) is 11.5. The molecule has 0 amide bonds. The molecule has 0 aliphatic rings. The Balaban J connectivity index is 1.82. The van der Waals surface area contributed by atoms with E-state index < -0.39 is 0 Å². The smallest absolute Gasteiger partial charge is 0.0793 e. The normalized spacial score (nSPS) is 11.5. The molecule has 0 radical (unpaired) electrons. The standard InChI is InChI=1S/C32H25N/c1-20-18-24(19-21(2)22(20)3)30-27-13-6-7-14-28(27)31(32-29(30)16-9-17-33-32)26-15-8-11-23-10-4-5-12-25(23)26/h4-19H,1-3H3. The molecular formula is C32H25N. The lowest BCUT2D eigenvalue weighted by Crippen LogP contribution is -1.95. The van der Waals surface area contributed by atoms with Crippen molar-refractivity contribution in [1.29, 1.82) is 0 Å². The SMILES string of the molecule is Cc1cc(-c2c3ccccc3c(-c3cccc4ccccc34)c3ncccc23)cc(C)c1C. The second-order valence-corrected chi connectivity index (χ2v) is 8.96. The molecule has 6 rings (SSSR count). The Labute approximate surface area is 194 Å². The summed E-state index contributed by atoms with van der Waals surface area (Å²) >= 11 is 0. The van der Waals surface area contributed by atoms with Crippen molar-refractivity contribution in [2.45, 2.75) is 20.8 Å². The fourth-order valence-corrected chi connectivity index (χ4v) is 5.21. The van der Waals surface area contributed by atoms with Crippen LogP contribution >= 0.6 is 0 Å². The summed E-state index contributed by atoms with van der Waals surface area (Å²) in [7, 11) is 0. The third kappa shape index (κ3) is 3.04. The second-order valence-electron chi connectivity index (χ2n) is 8.96. The van der Waals surface area contributed by atoms with Gasteiger partial charge in [0.2, 0.25) is 0 Å². The molecule has 33 heavy (non-hydrogen) atoms. The van der Waals surface area contributed by atoms with E-state index in [4.69, 9.17) is 4.98 Å². The average molecular weight is 424 g/mol.